The van der Waals surface area contributed by atoms with Crippen molar-refractivity contribution >= 4 is 21.7 Å². The molecule has 0 heterocycles. The fraction of sp³-hybridized carbons (Fsp3) is 0.500. The molecule has 2 N–H and O–H groups in total. The van der Waals surface area contributed by atoms with Crippen LogP contribution < -0.4 is 14.8 Å². The van der Waals surface area contributed by atoms with Gasteiger partial charge in [-0.25, -0.2) is 13.1 Å². The molecule has 0 saturated heterocycles. The van der Waals surface area contributed by atoms with Gasteiger partial charge in [0.1, 0.15) is 11.5 Å². The van der Waals surface area contributed by atoms with Crippen LogP contribution >= 0.6 is 0 Å². The lowest BCUT2D eigenvalue weighted by molar-refractivity contribution is -0.123. The van der Waals surface area contributed by atoms with Crippen molar-refractivity contribution in [2.24, 2.45) is 0 Å². The topological polar surface area (TPSA) is 102 Å². The molecule has 1 fully saturated rings. The van der Waals surface area contributed by atoms with Gasteiger partial charge < -0.3 is 10.1 Å². The summed E-state index contributed by atoms with van der Waals surface area (Å²) >= 11 is 0. The summed E-state index contributed by atoms with van der Waals surface area (Å²) in [5.74, 6) is 0.850. The van der Waals surface area contributed by atoms with Crippen molar-refractivity contribution in [3.63, 3.8) is 0 Å². The highest BCUT2D eigenvalue weighted by Crippen LogP contribution is 2.32. The van der Waals surface area contributed by atoms with Crippen LogP contribution in [-0.2, 0) is 19.6 Å². The number of sulfonamides is 1. The molecule has 1 aliphatic rings. The van der Waals surface area contributed by atoms with Crippen LogP contribution in [0.15, 0.2) is 24.3 Å². The standard InChI is InChI=1S/C16H22N2O5S/c1-24(21,22)18-9-8-17-16(20)11-23-15-6-3-12(4-7-15)13-2-5-14(19)10-13/h3-4,6-7,13,18H,2,5,8-11H2,1H3,(H,17,20)/t13-/m1/s1. The van der Waals surface area contributed by atoms with Crippen molar-refractivity contribution in [3.8, 4) is 5.75 Å². The summed E-state index contributed by atoms with van der Waals surface area (Å²) in [5, 5.41) is 2.56. The number of carbonyl (C=O) groups excluding carboxylic acids is 2. The van der Waals surface area contributed by atoms with Gasteiger partial charge in [-0.15, -0.1) is 0 Å². The largest absolute Gasteiger partial charge is 0.484 e. The van der Waals surface area contributed by atoms with Crippen LogP contribution in [0.3, 0.4) is 0 Å². The zero-order chi connectivity index (χ0) is 17.6. The molecule has 24 heavy (non-hydrogen) atoms. The van der Waals surface area contributed by atoms with E-state index in [1.165, 1.54) is 0 Å². The second-order valence-corrected chi connectivity index (χ2v) is 7.69. The maximum atomic E-state index is 11.6. The molecular formula is C16H22N2O5S. The number of benzene rings is 1. The summed E-state index contributed by atoms with van der Waals surface area (Å²) in [7, 11) is -3.25. The molecule has 1 aliphatic carbocycles. The minimum absolute atomic E-state index is 0.138. The quantitative estimate of drug-likeness (QED) is 0.665. The molecule has 132 valence electrons. The molecule has 0 spiro atoms. The number of Topliss-reactive ketones (excluding diaryl/α,β-unsaturated/α-hetero) is 1. The maximum Gasteiger partial charge on any atom is 0.257 e. The normalized spacial score (nSPS) is 17.7. The van der Waals surface area contributed by atoms with E-state index in [2.05, 4.69) is 10.0 Å². The number of hydrogen-bond acceptors (Lipinski definition) is 5. The first-order valence-electron chi connectivity index (χ1n) is 7.79. The van der Waals surface area contributed by atoms with E-state index in [0.29, 0.717) is 24.4 Å². The van der Waals surface area contributed by atoms with Crippen molar-refractivity contribution in [3.05, 3.63) is 29.8 Å². The Morgan fingerprint density at radius 1 is 1.25 bits per heavy atom. The van der Waals surface area contributed by atoms with Gasteiger partial charge in [0, 0.05) is 25.9 Å². The van der Waals surface area contributed by atoms with Gasteiger partial charge in [-0.2, -0.15) is 0 Å². The van der Waals surface area contributed by atoms with Crippen LogP contribution in [-0.4, -0.2) is 46.1 Å². The van der Waals surface area contributed by atoms with Crippen molar-refractivity contribution in [2.45, 2.75) is 25.2 Å². The first-order valence-corrected chi connectivity index (χ1v) is 9.68. The fourth-order valence-corrected chi connectivity index (χ4v) is 3.05. The first-order chi connectivity index (χ1) is 11.3. The average Bonchev–Trinajstić information content (AvgIpc) is 2.96. The molecule has 0 aliphatic heterocycles. The molecule has 0 bridgehead atoms. The molecule has 0 unspecified atom stereocenters. The van der Waals surface area contributed by atoms with Crippen LogP contribution in [0, 0.1) is 0 Å². The Morgan fingerprint density at radius 3 is 2.54 bits per heavy atom. The van der Waals surface area contributed by atoms with Gasteiger partial charge in [0.15, 0.2) is 6.61 Å². The van der Waals surface area contributed by atoms with E-state index in [4.69, 9.17) is 4.74 Å². The minimum Gasteiger partial charge on any atom is -0.484 e. The second-order valence-electron chi connectivity index (χ2n) is 5.85. The summed E-state index contributed by atoms with van der Waals surface area (Å²) < 4.78 is 29.4. The average molecular weight is 354 g/mol. The molecule has 7 nitrogen and oxygen atoms in total. The number of ether oxygens (including phenoxy) is 1. The van der Waals surface area contributed by atoms with Crippen LogP contribution in [0.5, 0.6) is 5.75 Å². The van der Waals surface area contributed by atoms with Crippen molar-refractivity contribution in [1.82, 2.24) is 10.0 Å². The molecule has 1 atom stereocenters. The molecule has 1 aromatic rings. The molecular weight excluding hydrogens is 332 g/mol. The highest BCUT2D eigenvalue weighted by Gasteiger charge is 2.23. The third kappa shape index (κ3) is 6.29. The Morgan fingerprint density at radius 2 is 1.96 bits per heavy atom. The Balaban J connectivity index is 1.70. The molecule has 1 saturated carbocycles. The predicted octanol–water partition coefficient (Wildman–Crippen LogP) is 0.567. The highest BCUT2D eigenvalue weighted by atomic mass is 32.2. The van der Waals surface area contributed by atoms with Crippen LogP contribution in [0.4, 0.5) is 0 Å². The molecule has 1 aromatic carbocycles. The molecule has 0 radical (unpaired) electrons. The highest BCUT2D eigenvalue weighted by molar-refractivity contribution is 7.88. The van der Waals surface area contributed by atoms with Gasteiger partial charge in [0.05, 0.1) is 6.26 Å². The number of rotatable bonds is 8. The van der Waals surface area contributed by atoms with Crippen LogP contribution in [0.25, 0.3) is 0 Å². The lowest BCUT2D eigenvalue weighted by atomic mass is 9.98. The summed E-state index contributed by atoms with van der Waals surface area (Å²) in [6, 6.07) is 7.42. The molecule has 8 heteroatoms. The molecule has 0 aromatic heterocycles. The smallest absolute Gasteiger partial charge is 0.257 e. The summed E-state index contributed by atoms with van der Waals surface area (Å²) in [4.78, 5) is 22.9. The zero-order valence-electron chi connectivity index (χ0n) is 13.6. The van der Waals surface area contributed by atoms with E-state index < -0.39 is 10.0 Å². The van der Waals surface area contributed by atoms with Crippen molar-refractivity contribution in [1.29, 1.82) is 0 Å². The third-order valence-corrected chi connectivity index (χ3v) is 4.51. The van der Waals surface area contributed by atoms with Crippen molar-refractivity contribution < 1.29 is 22.7 Å². The first kappa shape index (κ1) is 18.4. The van der Waals surface area contributed by atoms with Gasteiger partial charge >= 0.3 is 0 Å². The van der Waals surface area contributed by atoms with E-state index in [1.807, 2.05) is 12.1 Å². The van der Waals surface area contributed by atoms with E-state index >= 15 is 0 Å². The number of amides is 1. The van der Waals surface area contributed by atoms with Crippen molar-refractivity contribution in [2.75, 3.05) is 26.0 Å². The maximum absolute atomic E-state index is 11.6. The minimum atomic E-state index is -3.25. The van der Waals surface area contributed by atoms with E-state index in [-0.39, 0.29) is 31.5 Å². The number of hydrogen-bond donors (Lipinski definition) is 2. The van der Waals surface area contributed by atoms with Crippen LogP contribution in [0.1, 0.15) is 30.7 Å². The Labute approximate surface area is 141 Å². The van der Waals surface area contributed by atoms with E-state index in [9.17, 15) is 18.0 Å². The molecule has 1 amide bonds. The lowest BCUT2D eigenvalue weighted by Crippen LogP contribution is -2.36. The van der Waals surface area contributed by atoms with Gasteiger partial charge in [-0.05, 0) is 30.0 Å². The van der Waals surface area contributed by atoms with Gasteiger partial charge in [-0.3, -0.25) is 9.59 Å². The summed E-state index contributed by atoms with van der Waals surface area (Å²) in [6.45, 7) is 0.198. The lowest BCUT2D eigenvalue weighted by Gasteiger charge is -2.11. The zero-order valence-corrected chi connectivity index (χ0v) is 14.4. The number of carbonyl (C=O) groups is 2. The number of nitrogens with one attached hydrogen (secondary N) is 2. The van der Waals surface area contributed by atoms with Gasteiger partial charge in [-0.1, -0.05) is 12.1 Å². The summed E-state index contributed by atoms with van der Waals surface area (Å²) in [5.41, 5.74) is 1.12. The van der Waals surface area contributed by atoms with Gasteiger partial charge in [0.25, 0.3) is 5.91 Å². The SMILES string of the molecule is CS(=O)(=O)NCCNC(=O)COc1ccc([C@@H]2CCC(=O)C2)cc1. The summed E-state index contributed by atoms with van der Waals surface area (Å²) in [6.07, 6.45) is 3.20. The van der Waals surface area contributed by atoms with E-state index in [0.717, 1.165) is 18.2 Å². The molecule has 2 rings (SSSR count). The van der Waals surface area contributed by atoms with Gasteiger partial charge in [0.2, 0.25) is 10.0 Å². The Kier molecular flexibility index (Phi) is 6.33. The number of ketones is 1. The Hall–Kier alpha value is -1.93. The Bertz CT molecular complexity index is 685. The third-order valence-electron chi connectivity index (χ3n) is 3.78. The second kappa shape index (κ2) is 8.25. The van der Waals surface area contributed by atoms with Crippen LogP contribution in [0.2, 0.25) is 0 Å². The monoisotopic (exact) mass is 354 g/mol. The fourth-order valence-electron chi connectivity index (χ4n) is 2.57. The predicted molar refractivity (Wildman–Crippen MR) is 89.4 cm³/mol. The van der Waals surface area contributed by atoms with E-state index in [1.54, 1.807) is 12.1 Å².